The summed E-state index contributed by atoms with van der Waals surface area (Å²) in [5.41, 5.74) is 0.595. The topological polar surface area (TPSA) is 67.4 Å². The van der Waals surface area contributed by atoms with Gasteiger partial charge < -0.3 is 15.4 Å². The van der Waals surface area contributed by atoms with Gasteiger partial charge in [-0.1, -0.05) is 24.6 Å². The lowest BCUT2D eigenvalue weighted by molar-refractivity contribution is -0.141. The van der Waals surface area contributed by atoms with Crippen molar-refractivity contribution in [3.63, 3.8) is 0 Å². The van der Waals surface area contributed by atoms with Crippen LogP contribution in [0.4, 0.5) is 10.5 Å². The van der Waals surface area contributed by atoms with Crippen molar-refractivity contribution in [3.05, 3.63) is 29.3 Å². The van der Waals surface area contributed by atoms with Crippen molar-refractivity contribution < 1.29 is 14.3 Å². The number of hydrogen-bond acceptors (Lipinski definition) is 3. The van der Waals surface area contributed by atoms with Crippen molar-refractivity contribution in [2.24, 2.45) is 0 Å². The van der Waals surface area contributed by atoms with E-state index in [0.717, 1.165) is 0 Å². The number of rotatable bonds is 5. The largest absolute Gasteiger partial charge is 0.469 e. The molecule has 0 aliphatic rings. The number of carbonyl (C=O) groups excluding carboxylic acids is 2. The Morgan fingerprint density at radius 3 is 2.74 bits per heavy atom. The molecule has 2 N–H and O–H groups in total. The highest BCUT2D eigenvalue weighted by molar-refractivity contribution is 6.30. The summed E-state index contributed by atoms with van der Waals surface area (Å²) in [6, 6.07) is 6.19. The first kappa shape index (κ1) is 15.3. The van der Waals surface area contributed by atoms with E-state index in [2.05, 4.69) is 15.4 Å². The molecule has 0 saturated carbocycles. The van der Waals surface area contributed by atoms with Gasteiger partial charge in [0.15, 0.2) is 0 Å². The molecule has 19 heavy (non-hydrogen) atoms. The minimum absolute atomic E-state index is 0.149. The second kappa shape index (κ2) is 7.63. The number of esters is 1. The second-order valence-electron chi connectivity index (χ2n) is 3.99. The van der Waals surface area contributed by atoms with Crippen LogP contribution < -0.4 is 10.6 Å². The number of urea groups is 1. The quantitative estimate of drug-likeness (QED) is 0.817. The molecular formula is C13H17ClN2O3. The molecule has 0 aliphatic heterocycles. The highest BCUT2D eigenvalue weighted by Crippen LogP contribution is 2.14. The normalized spacial score (nSPS) is 11.5. The van der Waals surface area contributed by atoms with E-state index in [1.807, 2.05) is 6.92 Å². The predicted molar refractivity (Wildman–Crippen MR) is 74.3 cm³/mol. The number of methoxy groups -OCH3 is 1. The highest BCUT2D eigenvalue weighted by atomic mass is 35.5. The summed E-state index contributed by atoms with van der Waals surface area (Å²) in [6.45, 7) is 1.88. The molecule has 1 aromatic carbocycles. The first-order chi connectivity index (χ1) is 9.05. The lowest BCUT2D eigenvalue weighted by Crippen LogP contribution is -2.39. The maximum absolute atomic E-state index is 11.7. The number of amides is 2. The number of ether oxygens (including phenoxy) is 1. The van der Waals surface area contributed by atoms with Crippen molar-refractivity contribution in [2.75, 3.05) is 12.4 Å². The Balaban J connectivity index is 2.51. The summed E-state index contributed by atoms with van der Waals surface area (Å²) in [7, 11) is 1.32. The summed E-state index contributed by atoms with van der Waals surface area (Å²) in [4.78, 5) is 22.9. The molecule has 0 bridgehead atoms. The summed E-state index contributed by atoms with van der Waals surface area (Å²) in [6.07, 6.45) is 0.786. The lowest BCUT2D eigenvalue weighted by atomic mass is 10.1. The van der Waals surface area contributed by atoms with E-state index in [9.17, 15) is 9.59 Å². The standard InChI is InChI=1S/C13H17ClN2O3/c1-3-10(8-12(17)19-2)15-13(18)16-11-6-4-5-9(14)7-11/h4-7,10H,3,8H2,1-2H3,(H2,15,16,18). The van der Waals surface area contributed by atoms with E-state index in [1.165, 1.54) is 7.11 Å². The van der Waals surface area contributed by atoms with Crippen LogP contribution in [0.2, 0.25) is 5.02 Å². The Morgan fingerprint density at radius 1 is 1.42 bits per heavy atom. The fraction of sp³-hybridized carbons (Fsp3) is 0.385. The van der Waals surface area contributed by atoms with E-state index in [0.29, 0.717) is 17.1 Å². The summed E-state index contributed by atoms with van der Waals surface area (Å²) >= 11 is 5.82. The van der Waals surface area contributed by atoms with Gasteiger partial charge in [-0.3, -0.25) is 4.79 Å². The number of hydrogen-bond donors (Lipinski definition) is 2. The monoisotopic (exact) mass is 284 g/mol. The SMILES string of the molecule is CCC(CC(=O)OC)NC(=O)Nc1cccc(Cl)c1. The van der Waals surface area contributed by atoms with Crippen LogP contribution in [-0.4, -0.2) is 25.2 Å². The van der Waals surface area contributed by atoms with E-state index < -0.39 is 0 Å². The van der Waals surface area contributed by atoms with Crippen LogP contribution in [-0.2, 0) is 9.53 Å². The van der Waals surface area contributed by atoms with Crippen LogP contribution >= 0.6 is 11.6 Å². The number of nitrogens with one attached hydrogen (secondary N) is 2. The third kappa shape index (κ3) is 5.61. The van der Waals surface area contributed by atoms with Gasteiger partial charge >= 0.3 is 12.0 Å². The Bertz CT molecular complexity index is 451. The predicted octanol–water partition coefficient (Wildman–Crippen LogP) is 2.80. The Kier molecular flexibility index (Phi) is 6.15. The fourth-order valence-electron chi connectivity index (χ4n) is 1.50. The Morgan fingerprint density at radius 2 is 2.16 bits per heavy atom. The van der Waals surface area contributed by atoms with Crippen LogP contribution in [0.5, 0.6) is 0 Å². The molecular weight excluding hydrogens is 268 g/mol. The van der Waals surface area contributed by atoms with Crippen LogP contribution in [0.25, 0.3) is 0 Å². The third-order valence-electron chi connectivity index (χ3n) is 2.55. The van der Waals surface area contributed by atoms with Crippen molar-refractivity contribution in [1.82, 2.24) is 5.32 Å². The first-order valence-electron chi connectivity index (χ1n) is 5.95. The molecule has 104 valence electrons. The third-order valence-corrected chi connectivity index (χ3v) is 2.79. The molecule has 6 heteroatoms. The molecule has 1 rings (SSSR count). The molecule has 0 aromatic heterocycles. The van der Waals surface area contributed by atoms with Crippen LogP contribution in [0.3, 0.4) is 0 Å². The van der Waals surface area contributed by atoms with Crippen molar-refractivity contribution in [2.45, 2.75) is 25.8 Å². The smallest absolute Gasteiger partial charge is 0.319 e. The number of benzene rings is 1. The molecule has 0 saturated heterocycles. The maximum Gasteiger partial charge on any atom is 0.319 e. The van der Waals surface area contributed by atoms with Crippen LogP contribution in [0.1, 0.15) is 19.8 Å². The van der Waals surface area contributed by atoms with Gasteiger partial charge in [0.2, 0.25) is 0 Å². The number of anilines is 1. The van der Waals surface area contributed by atoms with Gasteiger partial charge in [-0.2, -0.15) is 0 Å². The zero-order chi connectivity index (χ0) is 14.3. The molecule has 2 amide bonds. The van der Waals surface area contributed by atoms with Gasteiger partial charge in [-0.15, -0.1) is 0 Å². The lowest BCUT2D eigenvalue weighted by Gasteiger charge is -2.16. The van der Waals surface area contributed by atoms with Gasteiger partial charge in [0.05, 0.1) is 13.5 Å². The van der Waals surface area contributed by atoms with Gasteiger partial charge in [0.25, 0.3) is 0 Å². The molecule has 0 spiro atoms. The maximum atomic E-state index is 11.7. The molecule has 1 aromatic rings. The summed E-state index contributed by atoms with van der Waals surface area (Å²) in [5.74, 6) is -0.352. The molecule has 5 nitrogen and oxygen atoms in total. The summed E-state index contributed by atoms with van der Waals surface area (Å²) < 4.78 is 4.57. The van der Waals surface area contributed by atoms with E-state index in [1.54, 1.807) is 24.3 Å². The van der Waals surface area contributed by atoms with Gasteiger partial charge in [0, 0.05) is 16.8 Å². The Labute approximate surface area is 117 Å². The average Bonchev–Trinajstić information content (AvgIpc) is 2.37. The zero-order valence-corrected chi connectivity index (χ0v) is 11.7. The minimum atomic E-state index is -0.377. The first-order valence-corrected chi connectivity index (χ1v) is 6.32. The van der Waals surface area contributed by atoms with Crippen LogP contribution in [0.15, 0.2) is 24.3 Å². The Hall–Kier alpha value is -1.75. The van der Waals surface area contributed by atoms with Crippen molar-refractivity contribution in [1.29, 1.82) is 0 Å². The van der Waals surface area contributed by atoms with E-state index in [4.69, 9.17) is 11.6 Å². The van der Waals surface area contributed by atoms with Crippen molar-refractivity contribution in [3.8, 4) is 0 Å². The number of carbonyl (C=O) groups is 2. The van der Waals surface area contributed by atoms with Gasteiger partial charge in [-0.25, -0.2) is 4.79 Å². The zero-order valence-electron chi connectivity index (χ0n) is 10.9. The molecule has 0 aliphatic carbocycles. The van der Waals surface area contributed by atoms with E-state index >= 15 is 0 Å². The second-order valence-corrected chi connectivity index (χ2v) is 4.43. The average molecular weight is 285 g/mol. The van der Waals surface area contributed by atoms with Crippen molar-refractivity contribution >= 4 is 29.3 Å². The van der Waals surface area contributed by atoms with Gasteiger partial charge in [0.1, 0.15) is 0 Å². The number of halogens is 1. The molecule has 0 fully saturated rings. The molecule has 0 heterocycles. The van der Waals surface area contributed by atoms with Gasteiger partial charge in [-0.05, 0) is 24.6 Å². The highest BCUT2D eigenvalue weighted by Gasteiger charge is 2.14. The fourth-order valence-corrected chi connectivity index (χ4v) is 1.69. The molecule has 1 atom stereocenters. The molecule has 1 unspecified atom stereocenters. The molecule has 0 radical (unpaired) electrons. The van der Waals surface area contributed by atoms with E-state index in [-0.39, 0.29) is 24.5 Å². The minimum Gasteiger partial charge on any atom is -0.469 e. The summed E-state index contributed by atoms with van der Waals surface area (Å²) in [5, 5.41) is 5.90. The van der Waals surface area contributed by atoms with Crippen LogP contribution in [0, 0.1) is 0 Å².